The lowest BCUT2D eigenvalue weighted by molar-refractivity contribution is -0.129. The number of rotatable bonds is 9. The summed E-state index contributed by atoms with van der Waals surface area (Å²) in [5.41, 5.74) is 1.94. The molecular formula is C23H24BrNO3. The number of hydrogen-bond acceptors (Lipinski definition) is 4. The van der Waals surface area contributed by atoms with E-state index in [1.165, 1.54) is 25.7 Å². The van der Waals surface area contributed by atoms with Crippen LogP contribution in [0.25, 0.3) is 6.08 Å². The molecule has 0 unspecified atom stereocenters. The van der Waals surface area contributed by atoms with Crippen LogP contribution >= 0.6 is 15.9 Å². The van der Waals surface area contributed by atoms with Crippen LogP contribution in [0.2, 0.25) is 0 Å². The second-order valence-corrected chi connectivity index (χ2v) is 7.59. The van der Waals surface area contributed by atoms with Gasteiger partial charge in [-0.05, 0) is 54.5 Å². The standard InChI is InChI=1S/C23H24BrNO3/c1-2-3-4-5-6-15-27-20-13-9-18(10-14-20)22-25-21(23(26)28-22)16-17-7-11-19(24)12-8-17/h7-14,16H,2-6,15H2,1H3. The lowest BCUT2D eigenvalue weighted by Gasteiger charge is -2.07. The van der Waals surface area contributed by atoms with Gasteiger partial charge in [-0.15, -0.1) is 0 Å². The molecule has 5 heteroatoms. The topological polar surface area (TPSA) is 47.9 Å². The monoisotopic (exact) mass is 441 g/mol. The van der Waals surface area contributed by atoms with Crippen molar-refractivity contribution in [3.8, 4) is 5.75 Å². The first-order valence-electron chi connectivity index (χ1n) is 9.67. The molecule has 3 rings (SSSR count). The molecule has 0 bridgehead atoms. The van der Waals surface area contributed by atoms with Gasteiger partial charge in [-0.25, -0.2) is 9.79 Å². The molecule has 0 spiro atoms. The van der Waals surface area contributed by atoms with Gasteiger partial charge < -0.3 is 9.47 Å². The summed E-state index contributed by atoms with van der Waals surface area (Å²) in [5.74, 6) is 0.694. The zero-order valence-corrected chi connectivity index (χ0v) is 17.6. The molecule has 1 aliphatic heterocycles. The maximum atomic E-state index is 12.1. The van der Waals surface area contributed by atoms with Crippen molar-refractivity contribution in [2.24, 2.45) is 4.99 Å². The second kappa shape index (κ2) is 10.2. The van der Waals surface area contributed by atoms with E-state index in [-0.39, 0.29) is 0 Å². The number of esters is 1. The third-order valence-corrected chi connectivity index (χ3v) is 4.94. The zero-order valence-electron chi connectivity index (χ0n) is 16.0. The Labute approximate surface area is 174 Å². The van der Waals surface area contributed by atoms with Crippen LogP contribution in [-0.4, -0.2) is 18.5 Å². The van der Waals surface area contributed by atoms with Gasteiger partial charge in [0.2, 0.25) is 5.90 Å². The number of halogens is 1. The Morgan fingerprint density at radius 2 is 1.71 bits per heavy atom. The van der Waals surface area contributed by atoms with Gasteiger partial charge in [0.1, 0.15) is 5.75 Å². The Morgan fingerprint density at radius 1 is 1.00 bits per heavy atom. The van der Waals surface area contributed by atoms with Crippen molar-refractivity contribution in [2.45, 2.75) is 39.0 Å². The number of unbranched alkanes of at least 4 members (excludes halogenated alkanes) is 4. The van der Waals surface area contributed by atoms with Crippen molar-refractivity contribution in [2.75, 3.05) is 6.61 Å². The first-order valence-corrected chi connectivity index (χ1v) is 10.5. The molecule has 1 aliphatic rings. The largest absolute Gasteiger partial charge is 0.494 e. The SMILES string of the molecule is CCCCCCCOc1ccc(C2=NC(=Cc3ccc(Br)cc3)C(=O)O2)cc1. The summed E-state index contributed by atoms with van der Waals surface area (Å²) in [7, 11) is 0. The zero-order chi connectivity index (χ0) is 19.8. The van der Waals surface area contributed by atoms with Gasteiger partial charge in [0.05, 0.1) is 6.61 Å². The molecule has 0 atom stereocenters. The lowest BCUT2D eigenvalue weighted by atomic mass is 10.2. The summed E-state index contributed by atoms with van der Waals surface area (Å²) in [5, 5.41) is 0. The van der Waals surface area contributed by atoms with E-state index in [9.17, 15) is 4.79 Å². The Hall–Kier alpha value is -2.40. The van der Waals surface area contributed by atoms with E-state index >= 15 is 0 Å². The molecule has 0 fully saturated rings. The van der Waals surface area contributed by atoms with Crippen LogP contribution in [0.4, 0.5) is 0 Å². The number of benzene rings is 2. The minimum absolute atomic E-state index is 0.296. The minimum Gasteiger partial charge on any atom is -0.494 e. The van der Waals surface area contributed by atoms with Crippen LogP contribution in [0, 0.1) is 0 Å². The fourth-order valence-electron chi connectivity index (χ4n) is 2.84. The summed E-state index contributed by atoms with van der Waals surface area (Å²) in [6.45, 7) is 2.93. The maximum Gasteiger partial charge on any atom is 0.363 e. The molecule has 2 aromatic carbocycles. The Balaban J connectivity index is 1.59. The van der Waals surface area contributed by atoms with E-state index in [1.54, 1.807) is 6.08 Å². The Morgan fingerprint density at radius 3 is 2.43 bits per heavy atom. The van der Waals surface area contributed by atoms with E-state index in [0.717, 1.165) is 34.4 Å². The van der Waals surface area contributed by atoms with Gasteiger partial charge in [0.25, 0.3) is 0 Å². The molecule has 146 valence electrons. The quantitative estimate of drug-likeness (QED) is 0.266. The number of ether oxygens (including phenoxy) is 2. The van der Waals surface area contributed by atoms with Crippen LogP contribution < -0.4 is 4.74 Å². The first kappa shape index (κ1) is 20.3. The molecule has 0 aliphatic carbocycles. The number of aliphatic imine (C=N–C) groups is 1. The molecule has 0 amide bonds. The van der Waals surface area contributed by atoms with Gasteiger partial charge >= 0.3 is 5.97 Å². The molecule has 4 nitrogen and oxygen atoms in total. The maximum absolute atomic E-state index is 12.1. The van der Waals surface area contributed by atoms with Crippen molar-refractivity contribution >= 4 is 33.9 Å². The highest BCUT2D eigenvalue weighted by molar-refractivity contribution is 9.10. The van der Waals surface area contributed by atoms with Crippen LogP contribution in [0.1, 0.15) is 50.2 Å². The molecule has 0 saturated carbocycles. The molecule has 0 saturated heterocycles. The Bertz CT molecular complexity index is 854. The highest BCUT2D eigenvalue weighted by Gasteiger charge is 2.24. The molecule has 1 heterocycles. The van der Waals surface area contributed by atoms with E-state index in [0.29, 0.717) is 11.6 Å². The van der Waals surface area contributed by atoms with Crippen molar-refractivity contribution in [3.05, 3.63) is 69.8 Å². The minimum atomic E-state index is -0.440. The van der Waals surface area contributed by atoms with Crippen LogP contribution in [-0.2, 0) is 9.53 Å². The third kappa shape index (κ3) is 5.80. The van der Waals surface area contributed by atoms with Crippen LogP contribution in [0.3, 0.4) is 0 Å². The van der Waals surface area contributed by atoms with Crippen molar-refractivity contribution in [3.63, 3.8) is 0 Å². The van der Waals surface area contributed by atoms with E-state index in [4.69, 9.17) is 9.47 Å². The number of hydrogen-bond donors (Lipinski definition) is 0. The lowest BCUT2D eigenvalue weighted by Crippen LogP contribution is -2.05. The van der Waals surface area contributed by atoms with Gasteiger partial charge in [-0.2, -0.15) is 0 Å². The summed E-state index contributed by atoms with van der Waals surface area (Å²) in [6, 6.07) is 15.1. The average Bonchev–Trinajstić information content (AvgIpc) is 3.07. The average molecular weight is 442 g/mol. The summed E-state index contributed by atoms with van der Waals surface area (Å²) in [4.78, 5) is 16.5. The molecule has 28 heavy (non-hydrogen) atoms. The second-order valence-electron chi connectivity index (χ2n) is 6.67. The van der Waals surface area contributed by atoms with Gasteiger partial charge in [0, 0.05) is 10.0 Å². The number of carbonyl (C=O) groups excluding carboxylic acids is 1. The van der Waals surface area contributed by atoms with Crippen LogP contribution in [0.5, 0.6) is 5.75 Å². The van der Waals surface area contributed by atoms with Gasteiger partial charge in [-0.3, -0.25) is 0 Å². The van der Waals surface area contributed by atoms with Crippen molar-refractivity contribution in [1.29, 1.82) is 0 Å². The number of carbonyl (C=O) groups is 1. The molecular weight excluding hydrogens is 418 g/mol. The summed E-state index contributed by atoms with van der Waals surface area (Å²) < 4.78 is 12.1. The van der Waals surface area contributed by atoms with E-state index in [2.05, 4.69) is 27.8 Å². The predicted molar refractivity (Wildman–Crippen MR) is 115 cm³/mol. The normalized spacial score (nSPS) is 14.9. The molecule has 0 radical (unpaired) electrons. The molecule has 2 aromatic rings. The number of nitrogens with zero attached hydrogens (tertiary/aromatic N) is 1. The smallest absolute Gasteiger partial charge is 0.363 e. The number of cyclic esters (lactones) is 1. The molecule has 0 aromatic heterocycles. The Kier molecular flexibility index (Phi) is 7.43. The van der Waals surface area contributed by atoms with E-state index in [1.807, 2.05) is 48.5 Å². The summed E-state index contributed by atoms with van der Waals surface area (Å²) in [6.07, 6.45) is 7.78. The fourth-order valence-corrected chi connectivity index (χ4v) is 3.10. The highest BCUT2D eigenvalue weighted by atomic mass is 79.9. The summed E-state index contributed by atoms with van der Waals surface area (Å²) >= 11 is 3.40. The van der Waals surface area contributed by atoms with Crippen LogP contribution in [0.15, 0.2) is 63.7 Å². The van der Waals surface area contributed by atoms with Gasteiger partial charge in [0.15, 0.2) is 5.70 Å². The predicted octanol–water partition coefficient (Wildman–Crippen LogP) is 6.14. The van der Waals surface area contributed by atoms with Crippen molar-refractivity contribution < 1.29 is 14.3 Å². The highest BCUT2D eigenvalue weighted by Crippen LogP contribution is 2.22. The van der Waals surface area contributed by atoms with Gasteiger partial charge in [-0.1, -0.05) is 60.7 Å². The molecule has 0 N–H and O–H groups in total. The van der Waals surface area contributed by atoms with Crippen molar-refractivity contribution in [1.82, 2.24) is 0 Å². The third-order valence-electron chi connectivity index (χ3n) is 4.41. The first-order chi connectivity index (χ1) is 13.7. The fraction of sp³-hybridized carbons (Fsp3) is 0.304. The van der Waals surface area contributed by atoms with E-state index < -0.39 is 5.97 Å².